The van der Waals surface area contributed by atoms with Crippen molar-refractivity contribution in [1.29, 1.82) is 0 Å². The highest BCUT2D eigenvalue weighted by Crippen LogP contribution is 2.20. The molecule has 0 saturated carbocycles. The van der Waals surface area contributed by atoms with Gasteiger partial charge in [0.15, 0.2) is 12.2 Å². The average Bonchev–Trinajstić information content (AvgIpc) is 2.50. The number of aliphatic hydroxyl groups is 4. The highest BCUT2D eigenvalue weighted by atomic mass is 16.4. The minimum absolute atomic E-state index is 0.255. The summed E-state index contributed by atoms with van der Waals surface area (Å²) in [6.07, 6.45) is -8.14. The van der Waals surface area contributed by atoms with Crippen molar-refractivity contribution in [2.75, 3.05) is 0 Å². The van der Waals surface area contributed by atoms with Crippen molar-refractivity contribution in [3.63, 3.8) is 0 Å². The van der Waals surface area contributed by atoms with E-state index < -0.39 is 36.2 Å². The van der Waals surface area contributed by atoms with Crippen molar-refractivity contribution in [3.8, 4) is 0 Å². The number of carbonyl (C=O) groups is 2. The number of nitrogens with two attached hydrogens (primary N) is 1. The van der Waals surface area contributed by atoms with Gasteiger partial charge >= 0.3 is 0 Å². The molecule has 0 aromatic heterocycles. The quantitative estimate of drug-likeness (QED) is 0.405. The van der Waals surface area contributed by atoms with Gasteiger partial charge in [-0.25, -0.2) is 0 Å². The molecule has 1 aliphatic rings. The van der Waals surface area contributed by atoms with Gasteiger partial charge in [-0.15, -0.1) is 0 Å². The molecule has 1 heterocycles. The molecule has 0 saturated heterocycles. The molecule has 1 aromatic carbocycles. The van der Waals surface area contributed by atoms with Crippen LogP contribution in [0.15, 0.2) is 24.3 Å². The second kappa shape index (κ2) is 6.41. The maximum atomic E-state index is 12.2. The number of amides is 2. The highest BCUT2D eigenvalue weighted by molar-refractivity contribution is 5.82. The summed E-state index contributed by atoms with van der Waals surface area (Å²) in [5.74, 6) is -2.07. The molecular weight excluding hydrogens is 292 g/mol. The van der Waals surface area contributed by atoms with Crippen LogP contribution in [-0.4, -0.2) is 61.6 Å². The lowest BCUT2D eigenvalue weighted by Crippen LogP contribution is -2.54. The zero-order chi connectivity index (χ0) is 16.4. The molecule has 2 rings (SSSR count). The Hall–Kier alpha value is -2.00. The first-order valence-corrected chi connectivity index (χ1v) is 6.69. The molecule has 8 heteroatoms. The first-order chi connectivity index (χ1) is 10.3. The van der Waals surface area contributed by atoms with Crippen LogP contribution in [0.5, 0.6) is 0 Å². The Morgan fingerprint density at radius 2 is 1.50 bits per heavy atom. The molecule has 4 atom stereocenters. The molecule has 22 heavy (non-hydrogen) atoms. The van der Waals surface area contributed by atoms with Gasteiger partial charge in [0.25, 0.3) is 5.91 Å². The highest BCUT2D eigenvalue weighted by Gasteiger charge is 2.38. The summed E-state index contributed by atoms with van der Waals surface area (Å²) in [7, 11) is 0. The number of rotatable bonds is 5. The summed E-state index contributed by atoms with van der Waals surface area (Å²) in [4.78, 5) is 24.3. The Bertz CT molecular complexity index is 557. The van der Waals surface area contributed by atoms with Crippen LogP contribution in [0.25, 0.3) is 0 Å². The molecule has 2 amide bonds. The van der Waals surface area contributed by atoms with E-state index in [2.05, 4.69) is 0 Å². The molecule has 1 aromatic rings. The molecule has 0 unspecified atom stereocenters. The van der Waals surface area contributed by atoms with Gasteiger partial charge in [0.1, 0.15) is 12.2 Å². The molecule has 2 bridgehead atoms. The number of primary amides is 1. The lowest BCUT2D eigenvalue weighted by molar-refractivity contribution is -0.161. The average molecular weight is 310 g/mol. The van der Waals surface area contributed by atoms with Crippen LogP contribution in [-0.2, 0) is 22.7 Å². The molecule has 0 radical (unpaired) electrons. The molecule has 0 fully saturated rings. The van der Waals surface area contributed by atoms with Crippen molar-refractivity contribution in [2.45, 2.75) is 37.5 Å². The predicted molar refractivity (Wildman–Crippen MR) is 73.9 cm³/mol. The van der Waals surface area contributed by atoms with Crippen LogP contribution in [0, 0.1) is 0 Å². The zero-order valence-corrected chi connectivity index (χ0v) is 11.7. The van der Waals surface area contributed by atoms with E-state index in [-0.39, 0.29) is 13.1 Å². The fourth-order valence-corrected chi connectivity index (χ4v) is 2.35. The number of carbonyl (C=O) groups excluding carboxylic acids is 2. The van der Waals surface area contributed by atoms with E-state index in [0.717, 1.165) is 11.1 Å². The molecule has 8 nitrogen and oxygen atoms in total. The van der Waals surface area contributed by atoms with E-state index >= 15 is 0 Å². The van der Waals surface area contributed by atoms with Gasteiger partial charge in [0.2, 0.25) is 5.91 Å². The third kappa shape index (κ3) is 3.25. The second-order valence-corrected chi connectivity index (χ2v) is 5.29. The monoisotopic (exact) mass is 310 g/mol. The normalized spacial score (nSPS) is 19.2. The van der Waals surface area contributed by atoms with E-state index in [1.54, 1.807) is 0 Å². The molecule has 6 N–H and O–H groups in total. The number of aliphatic hydroxyl groups excluding tert-OH is 4. The molecular formula is C14H18N2O6. The van der Waals surface area contributed by atoms with Crippen molar-refractivity contribution in [2.24, 2.45) is 5.73 Å². The Balaban J connectivity index is 2.04. The van der Waals surface area contributed by atoms with Crippen molar-refractivity contribution in [1.82, 2.24) is 4.90 Å². The van der Waals surface area contributed by atoms with Crippen molar-refractivity contribution >= 4 is 11.8 Å². The van der Waals surface area contributed by atoms with Gasteiger partial charge in [-0.2, -0.15) is 0 Å². The fraction of sp³-hybridized carbons (Fsp3) is 0.429. The number of fused-ring (bicyclic) bond motifs is 2. The Morgan fingerprint density at radius 3 is 2.00 bits per heavy atom. The fourth-order valence-electron chi connectivity index (χ4n) is 2.35. The van der Waals surface area contributed by atoms with Crippen molar-refractivity contribution in [3.05, 3.63) is 35.4 Å². The lowest BCUT2D eigenvalue weighted by Gasteiger charge is -2.32. The molecule has 1 aliphatic heterocycles. The standard InChI is InChI=1S/C14H18N2O6/c15-13(21)11(19)9(17)10(18)12(20)14(22)16-5-7-2-1-3-8(4-7)6-16/h1-4,9-12,17-20H,5-6H2,(H2,15,21)/t9-,10+,11+,12-/m1/s1. The third-order valence-electron chi connectivity index (χ3n) is 3.59. The third-order valence-corrected chi connectivity index (χ3v) is 3.59. The second-order valence-electron chi connectivity index (χ2n) is 5.29. The Morgan fingerprint density at radius 1 is 1.00 bits per heavy atom. The van der Waals surface area contributed by atoms with Gasteiger partial charge in [0.05, 0.1) is 0 Å². The first-order valence-electron chi connectivity index (χ1n) is 6.69. The van der Waals surface area contributed by atoms with E-state index in [1.807, 2.05) is 24.3 Å². The first kappa shape index (κ1) is 16.4. The summed E-state index contributed by atoms with van der Waals surface area (Å²) in [5, 5.41) is 38.5. The molecule has 0 spiro atoms. The van der Waals surface area contributed by atoms with E-state index in [4.69, 9.17) is 5.73 Å². The maximum absolute atomic E-state index is 12.2. The Kier molecular flexibility index (Phi) is 4.77. The predicted octanol–water partition coefficient (Wildman–Crippen LogP) is -2.54. The molecule has 120 valence electrons. The van der Waals surface area contributed by atoms with Crippen LogP contribution in [0.1, 0.15) is 11.1 Å². The SMILES string of the molecule is NC(=O)[C@@H](O)[C@H](O)[C@H](O)[C@@H](O)C(=O)N1Cc2cccc(c2)C1. The van der Waals surface area contributed by atoms with Crippen LogP contribution >= 0.6 is 0 Å². The van der Waals surface area contributed by atoms with Crippen LogP contribution in [0.3, 0.4) is 0 Å². The molecule has 0 aliphatic carbocycles. The lowest BCUT2D eigenvalue weighted by atomic mass is 9.99. The topological polar surface area (TPSA) is 144 Å². The number of nitrogens with zero attached hydrogens (tertiary/aromatic N) is 1. The van der Waals surface area contributed by atoms with Crippen LogP contribution in [0.2, 0.25) is 0 Å². The zero-order valence-electron chi connectivity index (χ0n) is 11.7. The number of benzene rings is 1. The largest absolute Gasteiger partial charge is 0.387 e. The minimum Gasteiger partial charge on any atom is -0.387 e. The van der Waals surface area contributed by atoms with Gasteiger partial charge < -0.3 is 31.1 Å². The van der Waals surface area contributed by atoms with Gasteiger partial charge in [0, 0.05) is 13.1 Å². The number of hydrogen-bond donors (Lipinski definition) is 5. The minimum atomic E-state index is -2.08. The maximum Gasteiger partial charge on any atom is 0.254 e. The summed E-state index contributed by atoms with van der Waals surface area (Å²) >= 11 is 0. The van der Waals surface area contributed by atoms with Gasteiger partial charge in [-0.3, -0.25) is 9.59 Å². The summed E-state index contributed by atoms with van der Waals surface area (Å²) in [6, 6.07) is 7.40. The smallest absolute Gasteiger partial charge is 0.254 e. The van der Waals surface area contributed by atoms with Crippen molar-refractivity contribution < 1.29 is 30.0 Å². The number of hydrogen-bond acceptors (Lipinski definition) is 6. The van der Waals surface area contributed by atoms with Gasteiger partial charge in [-0.1, -0.05) is 24.3 Å². The van der Waals surface area contributed by atoms with E-state index in [9.17, 15) is 30.0 Å². The van der Waals surface area contributed by atoms with Gasteiger partial charge in [-0.05, 0) is 11.1 Å². The van der Waals surface area contributed by atoms with Crippen LogP contribution in [0.4, 0.5) is 0 Å². The van der Waals surface area contributed by atoms with Crippen LogP contribution < -0.4 is 5.73 Å². The summed E-state index contributed by atoms with van der Waals surface area (Å²) in [6.45, 7) is 0.510. The van der Waals surface area contributed by atoms with E-state index in [0.29, 0.717) is 0 Å². The summed E-state index contributed by atoms with van der Waals surface area (Å²) in [5.41, 5.74) is 6.54. The van der Waals surface area contributed by atoms with E-state index in [1.165, 1.54) is 4.90 Å². The Labute approximate surface area is 126 Å². The summed E-state index contributed by atoms with van der Waals surface area (Å²) < 4.78 is 0.